The summed E-state index contributed by atoms with van der Waals surface area (Å²) in [6.45, 7) is 2.06. The Balaban J connectivity index is 2.19. The average molecular weight is 323 g/mol. The first kappa shape index (κ1) is 14.2. The number of rotatable bonds is 4. The van der Waals surface area contributed by atoms with E-state index in [-0.39, 0.29) is 11.9 Å². The Morgan fingerprint density at radius 3 is 2.47 bits per heavy atom. The molecular weight excluding hydrogens is 307 g/mol. The van der Waals surface area contributed by atoms with Gasteiger partial charge >= 0.3 is 0 Å². The number of halogens is 2. The van der Waals surface area contributed by atoms with Gasteiger partial charge in [0, 0.05) is 0 Å². The molecule has 0 radical (unpaired) electrons. The number of benzene rings is 2. The molecule has 0 saturated carbocycles. The molecule has 0 aliphatic heterocycles. The van der Waals surface area contributed by atoms with Crippen LogP contribution in [-0.2, 0) is 6.42 Å². The molecule has 4 heteroatoms. The predicted molar refractivity (Wildman–Crippen MR) is 79.0 cm³/mol. The van der Waals surface area contributed by atoms with Gasteiger partial charge in [-0.15, -0.1) is 0 Å². The molecule has 0 aliphatic carbocycles. The molecule has 0 saturated heterocycles. The SMILES string of the molecule is Cc1ccc(CC(NN)c2ccc(F)c(Br)c2)cc1. The van der Waals surface area contributed by atoms with Gasteiger partial charge in [0.2, 0.25) is 0 Å². The third kappa shape index (κ3) is 3.62. The van der Waals surface area contributed by atoms with E-state index in [0.717, 1.165) is 12.0 Å². The van der Waals surface area contributed by atoms with Gasteiger partial charge in [-0.05, 0) is 52.5 Å². The van der Waals surface area contributed by atoms with Crippen LogP contribution in [0, 0.1) is 12.7 Å². The third-order valence-electron chi connectivity index (χ3n) is 3.11. The number of nitrogens with one attached hydrogen (secondary N) is 1. The van der Waals surface area contributed by atoms with Gasteiger partial charge in [0.15, 0.2) is 0 Å². The van der Waals surface area contributed by atoms with Crippen molar-refractivity contribution in [3.63, 3.8) is 0 Å². The smallest absolute Gasteiger partial charge is 0.137 e. The largest absolute Gasteiger partial charge is 0.271 e. The number of hydrogen-bond acceptors (Lipinski definition) is 2. The second-order valence-electron chi connectivity index (χ2n) is 4.58. The number of nitrogens with two attached hydrogens (primary N) is 1. The minimum Gasteiger partial charge on any atom is -0.271 e. The van der Waals surface area contributed by atoms with Crippen molar-refractivity contribution >= 4 is 15.9 Å². The third-order valence-corrected chi connectivity index (χ3v) is 3.72. The Hall–Kier alpha value is -1.23. The van der Waals surface area contributed by atoms with Gasteiger partial charge < -0.3 is 0 Å². The van der Waals surface area contributed by atoms with Crippen LogP contribution in [0.2, 0.25) is 0 Å². The van der Waals surface area contributed by atoms with Crippen molar-refractivity contribution in [2.24, 2.45) is 5.84 Å². The minimum absolute atomic E-state index is 0.0420. The lowest BCUT2D eigenvalue weighted by atomic mass is 9.99. The summed E-state index contributed by atoms with van der Waals surface area (Å²) < 4.78 is 13.7. The van der Waals surface area contributed by atoms with Crippen molar-refractivity contribution < 1.29 is 4.39 Å². The van der Waals surface area contributed by atoms with Crippen LogP contribution in [0.3, 0.4) is 0 Å². The normalized spacial score (nSPS) is 12.4. The number of aryl methyl sites for hydroxylation is 1. The molecule has 2 aromatic rings. The summed E-state index contributed by atoms with van der Waals surface area (Å²) in [5.41, 5.74) is 6.16. The van der Waals surface area contributed by atoms with Gasteiger partial charge in [-0.1, -0.05) is 35.9 Å². The zero-order valence-corrected chi connectivity index (χ0v) is 12.2. The maximum Gasteiger partial charge on any atom is 0.137 e. The predicted octanol–water partition coefficient (Wildman–Crippen LogP) is 3.64. The van der Waals surface area contributed by atoms with Crippen LogP contribution in [0.5, 0.6) is 0 Å². The van der Waals surface area contributed by atoms with Crippen molar-refractivity contribution in [1.29, 1.82) is 0 Å². The standard InChI is InChI=1S/C15H16BrFN2/c1-10-2-4-11(5-3-10)8-15(19-18)12-6-7-14(17)13(16)9-12/h2-7,9,15,19H,8,18H2,1H3. The van der Waals surface area contributed by atoms with Crippen LogP contribution in [0.1, 0.15) is 22.7 Å². The van der Waals surface area contributed by atoms with E-state index in [4.69, 9.17) is 5.84 Å². The number of hydrogen-bond donors (Lipinski definition) is 2. The highest BCUT2D eigenvalue weighted by Gasteiger charge is 2.12. The van der Waals surface area contributed by atoms with E-state index in [2.05, 4.69) is 52.5 Å². The molecule has 0 heterocycles. The van der Waals surface area contributed by atoms with E-state index >= 15 is 0 Å². The first-order valence-electron chi connectivity index (χ1n) is 6.07. The Morgan fingerprint density at radius 1 is 1.21 bits per heavy atom. The zero-order valence-electron chi connectivity index (χ0n) is 10.7. The molecule has 3 N–H and O–H groups in total. The number of hydrazine groups is 1. The first-order chi connectivity index (χ1) is 9.10. The van der Waals surface area contributed by atoms with Crippen molar-refractivity contribution in [3.8, 4) is 0 Å². The quantitative estimate of drug-likeness (QED) is 0.666. The molecular formula is C15H16BrFN2. The molecule has 100 valence electrons. The van der Waals surface area contributed by atoms with Crippen molar-refractivity contribution in [2.75, 3.05) is 0 Å². The fourth-order valence-corrected chi connectivity index (χ4v) is 2.36. The Morgan fingerprint density at radius 2 is 1.89 bits per heavy atom. The van der Waals surface area contributed by atoms with Crippen LogP contribution in [0.25, 0.3) is 0 Å². The van der Waals surface area contributed by atoms with E-state index in [9.17, 15) is 4.39 Å². The van der Waals surface area contributed by atoms with E-state index < -0.39 is 0 Å². The summed E-state index contributed by atoms with van der Waals surface area (Å²) in [7, 11) is 0. The van der Waals surface area contributed by atoms with Gasteiger partial charge in [0.1, 0.15) is 5.82 Å². The fraction of sp³-hybridized carbons (Fsp3) is 0.200. The molecule has 2 nitrogen and oxygen atoms in total. The Bertz CT molecular complexity index is 555. The molecule has 0 bridgehead atoms. The minimum atomic E-state index is -0.269. The van der Waals surface area contributed by atoms with E-state index in [1.54, 1.807) is 12.1 Å². The molecule has 0 aromatic heterocycles. The lowest BCUT2D eigenvalue weighted by molar-refractivity contribution is 0.548. The monoisotopic (exact) mass is 322 g/mol. The topological polar surface area (TPSA) is 38.0 Å². The second kappa shape index (κ2) is 6.28. The highest BCUT2D eigenvalue weighted by atomic mass is 79.9. The van der Waals surface area contributed by atoms with Gasteiger partial charge in [-0.2, -0.15) is 0 Å². The van der Waals surface area contributed by atoms with Gasteiger partial charge in [0.25, 0.3) is 0 Å². The van der Waals surface area contributed by atoms with Crippen LogP contribution in [-0.4, -0.2) is 0 Å². The van der Waals surface area contributed by atoms with Gasteiger partial charge in [0.05, 0.1) is 10.5 Å². The summed E-state index contributed by atoms with van der Waals surface area (Å²) in [5, 5.41) is 0. The molecule has 0 fully saturated rings. The molecule has 19 heavy (non-hydrogen) atoms. The molecule has 1 atom stereocenters. The highest BCUT2D eigenvalue weighted by molar-refractivity contribution is 9.10. The van der Waals surface area contributed by atoms with Crippen LogP contribution >= 0.6 is 15.9 Å². The molecule has 2 aromatic carbocycles. The summed E-state index contributed by atoms with van der Waals surface area (Å²) >= 11 is 3.19. The molecule has 1 unspecified atom stereocenters. The summed E-state index contributed by atoms with van der Waals surface area (Å²) in [6.07, 6.45) is 0.759. The zero-order chi connectivity index (χ0) is 13.8. The van der Waals surface area contributed by atoms with Crippen LogP contribution in [0.4, 0.5) is 4.39 Å². The molecule has 2 rings (SSSR count). The maximum absolute atomic E-state index is 13.2. The van der Waals surface area contributed by atoms with E-state index in [0.29, 0.717) is 4.47 Å². The average Bonchev–Trinajstić information content (AvgIpc) is 2.41. The van der Waals surface area contributed by atoms with Crippen molar-refractivity contribution in [2.45, 2.75) is 19.4 Å². The van der Waals surface area contributed by atoms with Crippen LogP contribution in [0.15, 0.2) is 46.9 Å². The summed E-state index contributed by atoms with van der Waals surface area (Å²) in [4.78, 5) is 0. The molecule has 0 aliphatic rings. The summed E-state index contributed by atoms with van der Waals surface area (Å²) in [5.74, 6) is 5.34. The first-order valence-corrected chi connectivity index (χ1v) is 6.86. The second-order valence-corrected chi connectivity index (χ2v) is 5.44. The maximum atomic E-state index is 13.2. The van der Waals surface area contributed by atoms with Crippen molar-refractivity contribution in [1.82, 2.24) is 5.43 Å². The van der Waals surface area contributed by atoms with Gasteiger partial charge in [-0.3, -0.25) is 11.3 Å². The van der Waals surface area contributed by atoms with Crippen molar-refractivity contribution in [3.05, 3.63) is 69.4 Å². The lowest BCUT2D eigenvalue weighted by Crippen LogP contribution is -2.29. The highest BCUT2D eigenvalue weighted by Crippen LogP contribution is 2.23. The Kier molecular flexibility index (Phi) is 4.69. The summed E-state index contributed by atoms with van der Waals surface area (Å²) in [6, 6.07) is 13.2. The van der Waals surface area contributed by atoms with E-state index in [1.165, 1.54) is 17.2 Å². The molecule has 0 spiro atoms. The van der Waals surface area contributed by atoms with Crippen LogP contribution < -0.4 is 11.3 Å². The Labute approximate surface area is 120 Å². The molecule has 0 amide bonds. The van der Waals surface area contributed by atoms with E-state index in [1.807, 2.05) is 0 Å². The fourth-order valence-electron chi connectivity index (χ4n) is 1.96. The van der Waals surface area contributed by atoms with Gasteiger partial charge in [-0.25, -0.2) is 4.39 Å². The lowest BCUT2D eigenvalue weighted by Gasteiger charge is -2.17.